The molecule has 21 heavy (non-hydrogen) atoms. The number of amides is 1. The van der Waals surface area contributed by atoms with E-state index in [4.69, 9.17) is 4.52 Å². The number of hydrogen-bond acceptors (Lipinski definition) is 5. The summed E-state index contributed by atoms with van der Waals surface area (Å²) in [6.07, 6.45) is 0. The van der Waals surface area contributed by atoms with Gasteiger partial charge in [-0.15, -0.1) is 0 Å². The first-order valence-electron chi connectivity index (χ1n) is 6.00. The Morgan fingerprint density at radius 3 is 2.76 bits per heavy atom. The first-order valence-corrected chi connectivity index (χ1v) is 6.00. The third kappa shape index (κ3) is 3.22. The van der Waals surface area contributed by atoms with E-state index in [0.717, 1.165) is 18.2 Å². The number of halogens is 1. The molecular weight excluding hydrogens is 281 g/mol. The van der Waals surface area contributed by atoms with Crippen LogP contribution < -0.4 is 0 Å². The van der Waals surface area contributed by atoms with Gasteiger partial charge in [0.2, 0.25) is 0 Å². The Morgan fingerprint density at radius 2 is 2.19 bits per heavy atom. The van der Waals surface area contributed by atoms with Gasteiger partial charge in [-0.3, -0.25) is 14.9 Å². The molecule has 0 aliphatic rings. The van der Waals surface area contributed by atoms with Crippen LogP contribution in [0.2, 0.25) is 0 Å². The number of benzene rings is 1. The van der Waals surface area contributed by atoms with E-state index in [1.54, 1.807) is 13.0 Å². The Labute approximate surface area is 119 Å². The fourth-order valence-electron chi connectivity index (χ4n) is 1.80. The molecule has 8 heteroatoms. The van der Waals surface area contributed by atoms with Crippen molar-refractivity contribution in [3.63, 3.8) is 0 Å². The number of hydrogen-bond donors (Lipinski definition) is 0. The minimum atomic E-state index is -0.811. The van der Waals surface area contributed by atoms with Crippen molar-refractivity contribution in [3.8, 4) is 0 Å². The molecule has 0 bridgehead atoms. The number of aromatic nitrogens is 1. The minimum Gasteiger partial charge on any atom is -0.361 e. The first kappa shape index (κ1) is 14.6. The molecule has 1 heterocycles. The number of rotatable bonds is 4. The quantitative estimate of drug-likeness (QED) is 0.637. The second-order valence-corrected chi connectivity index (χ2v) is 4.51. The van der Waals surface area contributed by atoms with E-state index in [9.17, 15) is 19.3 Å². The lowest BCUT2D eigenvalue weighted by molar-refractivity contribution is -0.384. The lowest BCUT2D eigenvalue weighted by atomic mass is 10.1. The SMILES string of the molecule is Cc1cc(CN(C)C(=O)c2cc([N+](=O)[O-])ccc2F)no1. The fraction of sp³-hybridized carbons (Fsp3) is 0.231. The van der Waals surface area contributed by atoms with Crippen LogP contribution in [0.5, 0.6) is 0 Å². The maximum Gasteiger partial charge on any atom is 0.270 e. The van der Waals surface area contributed by atoms with Crippen molar-refractivity contribution in [2.24, 2.45) is 0 Å². The summed E-state index contributed by atoms with van der Waals surface area (Å²) in [5.41, 5.74) is -0.188. The highest BCUT2D eigenvalue weighted by Gasteiger charge is 2.20. The summed E-state index contributed by atoms with van der Waals surface area (Å²) >= 11 is 0. The van der Waals surface area contributed by atoms with Gasteiger partial charge in [0.05, 0.1) is 17.0 Å². The van der Waals surface area contributed by atoms with Gasteiger partial charge >= 0.3 is 0 Å². The predicted octanol–water partition coefficient (Wildman–Crippen LogP) is 2.30. The monoisotopic (exact) mass is 293 g/mol. The van der Waals surface area contributed by atoms with Crippen molar-refractivity contribution in [1.82, 2.24) is 10.1 Å². The Bertz CT molecular complexity index is 698. The van der Waals surface area contributed by atoms with Gasteiger partial charge in [-0.1, -0.05) is 5.16 Å². The zero-order valence-corrected chi connectivity index (χ0v) is 11.4. The van der Waals surface area contributed by atoms with Gasteiger partial charge in [0, 0.05) is 25.2 Å². The Kier molecular flexibility index (Phi) is 3.97. The lowest BCUT2D eigenvalue weighted by Gasteiger charge is -2.15. The number of nitrogens with zero attached hydrogens (tertiary/aromatic N) is 3. The predicted molar refractivity (Wildman–Crippen MR) is 70.1 cm³/mol. The lowest BCUT2D eigenvalue weighted by Crippen LogP contribution is -2.27. The molecule has 1 amide bonds. The van der Waals surface area contributed by atoms with E-state index in [2.05, 4.69) is 5.16 Å². The smallest absolute Gasteiger partial charge is 0.270 e. The fourth-order valence-corrected chi connectivity index (χ4v) is 1.80. The first-order chi connectivity index (χ1) is 9.88. The summed E-state index contributed by atoms with van der Waals surface area (Å²) < 4.78 is 18.6. The van der Waals surface area contributed by atoms with Crippen molar-refractivity contribution in [1.29, 1.82) is 0 Å². The maximum atomic E-state index is 13.7. The molecule has 0 saturated carbocycles. The van der Waals surface area contributed by atoms with Crippen molar-refractivity contribution < 1.29 is 18.6 Å². The van der Waals surface area contributed by atoms with Gasteiger partial charge in [-0.2, -0.15) is 0 Å². The van der Waals surface area contributed by atoms with Gasteiger partial charge in [0.15, 0.2) is 0 Å². The average Bonchev–Trinajstić information content (AvgIpc) is 2.83. The van der Waals surface area contributed by atoms with Crippen LogP contribution in [0.15, 0.2) is 28.8 Å². The topological polar surface area (TPSA) is 89.5 Å². The third-order valence-electron chi connectivity index (χ3n) is 2.81. The second kappa shape index (κ2) is 5.70. The van der Waals surface area contributed by atoms with Gasteiger partial charge in [-0.25, -0.2) is 4.39 Å². The number of carbonyl (C=O) groups is 1. The molecule has 0 saturated heterocycles. The van der Waals surface area contributed by atoms with E-state index in [1.165, 1.54) is 11.9 Å². The average molecular weight is 293 g/mol. The number of nitro benzene ring substituents is 1. The second-order valence-electron chi connectivity index (χ2n) is 4.51. The van der Waals surface area contributed by atoms with Crippen molar-refractivity contribution in [2.45, 2.75) is 13.5 Å². The van der Waals surface area contributed by atoms with Crippen LogP contribution in [0.1, 0.15) is 21.8 Å². The summed E-state index contributed by atoms with van der Waals surface area (Å²) in [5.74, 6) is -0.891. The zero-order valence-electron chi connectivity index (χ0n) is 11.4. The molecule has 0 unspecified atom stereocenters. The molecular formula is C13H12FN3O4. The molecule has 110 valence electrons. The molecule has 0 radical (unpaired) electrons. The van der Waals surface area contributed by atoms with Crippen LogP contribution >= 0.6 is 0 Å². The van der Waals surface area contributed by atoms with Crippen LogP contribution in [0.4, 0.5) is 10.1 Å². The number of carbonyl (C=O) groups excluding carboxylic acids is 1. The van der Waals surface area contributed by atoms with Crippen molar-refractivity contribution in [2.75, 3.05) is 7.05 Å². The van der Waals surface area contributed by atoms with Crippen LogP contribution in [-0.4, -0.2) is 27.9 Å². The van der Waals surface area contributed by atoms with E-state index in [1.807, 2.05) is 0 Å². The van der Waals surface area contributed by atoms with E-state index in [0.29, 0.717) is 11.5 Å². The largest absolute Gasteiger partial charge is 0.361 e. The molecule has 1 aromatic carbocycles. The molecule has 0 spiro atoms. The highest BCUT2D eigenvalue weighted by atomic mass is 19.1. The summed E-state index contributed by atoms with van der Waals surface area (Å²) in [6, 6.07) is 4.47. The van der Waals surface area contributed by atoms with Gasteiger partial charge in [0.1, 0.15) is 17.3 Å². The summed E-state index contributed by atoms with van der Waals surface area (Å²) in [5, 5.41) is 14.4. The molecule has 0 N–H and O–H groups in total. The van der Waals surface area contributed by atoms with Crippen LogP contribution in [-0.2, 0) is 6.54 Å². The van der Waals surface area contributed by atoms with E-state index in [-0.39, 0.29) is 17.8 Å². The molecule has 7 nitrogen and oxygen atoms in total. The number of non-ortho nitro benzene ring substituents is 1. The molecule has 2 rings (SSSR count). The van der Waals surface area contributed by atoms with Crippen LogP contribution in [0.25, 0.3) is 0 Å². The Morgan fingerprint density at radius 1 is 1.48 bits per heavy atom. The summed E-state index contributed by atoms with van der Waals surface area (Å²) in [6.45, 7) is 1.82. The highest BCUT2D eigenvalue weighted by Crippen LogP contribution is 2.19. The summed E-state index contributed by atoms with van der Waals surface area (Å²) in [7, 11) is 1.45. The van der Waals surface area contributed by atoms with Gasteiger partial charge < -0.3 is 9.42 Å². The molecule has 0 aliphatic carbocycles. The van der Waals surface area contributed by atoms with Gasteiger partial charge in [-0.05, 0) is 13.0 Å². The molecule has 0 fully saturated rings. The minimum absolute atomic E-state index is 0.109. The maximum absolute atomic E-state index is 13.7. The van der Waals surface area contributed by atoms with Crippen molar-refractivity contribution >= 4 is 11.6 Å². The molecule has 0 atom stereocenters. The standard InChI is InChI=1S/C13H12FN3O4/c1-8-5-9(15-21-8)7-16(2)13(18)11-6-10(17(19)20)3-4-12(11)14/h3-6H,7H2,1-2H3. The van der Waals surface area contributed by atoms with Gasteiger partial charge in [0.25, 0.3) is 11.6 Å². The van der Waals surface area contributed by atoms with Crippen molar-refractivity contribution in [3.05, 3.63) is 57.2 Å². The van der Waals surface area contributed by atoms with E-state index < -0.39 is 16.6 Å². The normalized spacial score (nSPS) is 10.4. The zero-order chi connectivity index (χ0) is 15.6. The van der Waals surface area contributed by atoms with E-state index >= 15 is 0 Å². The van der Waals surface area contributed by atoms with Crippen LogP contribution in [0.3, 0.4) is 0 Å². The number of nitro groups is 1. The molecule has 2 aromatic rings. The summed E-state index contributed by atoms with van der Waals surface area (Å²) in [4.78, 5) is 23.4. The third-order valence-corrected chi connectivity index (χ3v) is 2.81. The van der Waals surface area contributed by atoms with Crippen LogP contribution in [0, 0.1) is 22.9 Å². The number of aryl methyl sites for hydroxylation is 1. The Balaban J connectivity index is 2.22. The molecule has 1 aromatic heterocycles. The molecule has 0 aliphatic heterocycles. The Hall–Kier alpha value is -2.77. The highest BCUT2D eigenvalue weighted by molar-refractivity contribution is 5.94.